The highest BCUT2D eigenvalue weighted by molar-refractivity contribution is 5.87. The van der Waals surface area contributed by atoms with Crippen LogP contribution in [0, 0.1) is 0 Å². The van der Waals surface area contributed by atoms with Crippen molar-refractivity contribution >= 4 is 11.9 Å². The molecule has 0 atom stereocenters. The summed E-state index contributed by atoms with van der Waals surface area (Å²) in [4.78, 5) is 26.1. The van der Waals surface area contributed by atoms with Gasteiger partial charge in [0.2, 0.25) is 5.91 Å². The van der Waals surface area contributed by atoms with Crippen molar-refractivity contribution in [2.45, 2.75) is 13.1 Å². The third kappa shape index (κ3) is 3.63. The van der Waals surface area contributed by atoms with Crippen molar-refractivity contribution in [3.05, 3.63) is 48.0 Å². The zero-order valence-corrected chi connectivity index (χ0v) is 9.98. The van der Waals surface area contributed by atoms with E-state index in [1.807, 2.05) is 0 Å². The quantitative estimate of drug-likeness (QED) is 0.805. The Labute approximate surface area is 108 Å². The van der Waals surface area contributed by atoms with E-state index in [9.17, 15) is 9.59 Å². The molecule has 98 valence electrons. The molecule has 0 aliphatic carbocycles. The molecule has 0 radical (unpaired) electrons. The monoisotopic (exact) mass is 260 g/mol. The Bertz CT molecular complexity index is 580. The lowest BCUT2D eigenvalue weighted by Crippen LogP contribution is -2.27. The van der Waals surface area contributed by atoms with Crippen LogP contribution in [0.1, 0.15) is 15.9 Å². The fourth-order valence-electron chi connectivity index (χ4n) is 1.53. The lowest BCUT2D eigenvalue weighted by Gasteiger charge is -2.06. The zero-order chi connectivity index (χ0) is 13.7. The number of carboxylic acid groups (broad SMARTS) is 1. The third-order valence-corrected chi connectivity index (χ3v) is 2.44. The molecule has 0 saturated heterocycles. The first-order valence-electron chi connectivity index (χ1n) is 5.56. The minimum absolute atomic E-state index is 0.0820. The number of amides is 1. The van der Waals surface area contributed by atoms with Crippen molar-refractivity contribution < 1.29 is 14.7 Å². The molecule has 0 aliphatic rings. The number of hydrogen-bond donors (Lipinski definition) is 2. The van der Waals surface area contributed by atoms with E-state index in [1.54, 1.807) is 12.1 Å². The Balaban J connectivity index is 1.89. The van der Waals surface area contributed by atoms with E-state index in [2.05, 4.69) is 15.4 Å². The van der Waals surface area contributed by atoms with Gasteiger partial charge in [0.05, 0.1) is 5.56 Å². The van der Waals surface area contributed by atoms with E-state index in [1.165, 1.54) is 29.5 Å². The van der Waals surface area contributed by atoms with Crippen molar-refractivity contribution in [1.29, 1.82) is 0 Å². The van der Waals surface area contributed by atoms with E-state index in [0.29, 0.717) is 0 Å². The normalized spacial score (nSPS) is 10.1. The second-order valence-corrected chi connectivity index (χ2v) is 3.88. The van der Waals surface area contributed by atoms with Crippen LogP contribution in [0.5, 0.6) is 0 Å². The molecular weight excluding hydrogens is 248 g/mol. The zero-order valence-electron chi connectivity index (χ0n) is 9.98. The summed E-state index contributed by atoms with van der Waals surface area (Å²) in [5.41, 5.74) is 0.926. The maximum absolute atomic E-state index is 11.6. The summed E-state index contributed by atoms with van der Waals surface area (Å²) in [7, 11) is 0. The van der Waals surface area contributed by atoms with Gasteiger partial charge in [-0.15, -0.1) is 0 Å². The average Bonchev–Trinajstić information content (AvgIpc) is 2.89. The molecule has 7 heteroatoms. The maximum atomic E-state index is 11.6. The van der Waals surface area contributed by atoms with Gasteiger partial charge in [0.1, 0.15) is 19.2 Å². The van der Waals surface area contributed by atoms with Gasteiger partial charge in [0.15, 0.2) is 0 Å². The summed E-state index contributed by atoms with van der Waals surface area (Å²) in [5.74, 6) is -1.21. The number of nitrogens with zero attached hydrogens (tertiary/aromatic N) is 3. The Kier molecular flexibility index (Phi) is 3.87. The number of carboxylic acids is 1. The first-order chi connectivity index (χ1) is 9.15. The van der Waals surface area contributed by atoms with Crippen LogP contribution < -0.4 is 5.32 Å². The van der Waals surface area contributed by atoms with Crippen molar-refractivity contribution in [2.24, 2.45) is 0 Å². The number of nitrogens with one attached hydrogen (secondary N) is 1. The summed E-state index contributed by atoms with van der Waals surface area (Å²) in [6.07, 6.45) is 2.80. The fraction of sp³-hybridized carbons (Fsp3) is 0.167. The van der Waals surface area contributed by atoms with E-state index in [0.717, 1.165) is 5.56 Å². The van der Waals surface area contributed by atoms with Gasteiger partial charge in [0, 0.05) is 6.54 Å². The van der Waals surface area contributed by atoms with Gasteiger partial charge < -0.3 is 10.4 Å². The van der Waals surface area contributed by atoms with Crippen LogP contribution in [-0.4, -0.2) is 31.7 Å². The molecule has 0 saturated carbocycles. The summed E-state index contributed by atoms with van der Waals surface area (Å²) < 4.78 is 1.41. The fourth-order valence-corrected chi connectivity index (χ4v) is 1.53. The van der Waals surface area contributed by atoms with Gasteiger partial charge in [-0.3, -0.25) is 4.79 Å². The van der Waals surface area contributed by atoms with E-state index in [-0.39, 0.29) is 24.6 Å². The Hall–Kier alpha value is -2.70. The molecule has 0 aliphatic heterocycles. The van der Waals surface area contributed by atoms with Crippen LogP contribution in [0.4, 0.5) is 0 Å². The van der Waals surface area contributed by atoms with Gasteiger partial charge in [0.25, 0.3) is 0 Å². The number of benzene rings is 1. The van der Waals surface area contributed by atoms with Crippen LogP contribution in [-0.2, 0) is 17.9 Å². The highest BCUT2D eigenvalue weighted by Gasteiger charge is 2.05. The number of carbonyl (C=O) groups is 2. The maximum Gasteiger partial charge on any atom is 0.335 e. The van der Waals surface area contributed by atoms with Gasteiger partial charge >= 0.3 is 5.97 Å². The number of carbonyl (C=O) groups excluding carboxylic acids is 1. The lowest BCUT2D eigenvalue weighted by atomic mass is 10.1. The highest BCUT2D eigenvalue weighted by Crippen LogP contribution is 2.05. The van der Waals surface area contributed by atoms with E-state index in [4.69, 9.17) is 5.11 Å². The molecule has 2 N–H and O–H groups in total. The lowest BCUT2D eigenvalue weighted by molar-refractivity contribution is -0.122. The van der Waals surface area contributed by atoms with Gasteiger partial charge in [-0.05, 0) is 17.7 Å². The molecule has 0 fully saturated rings. The van der Waals surface area contributed by atoms with Crippen molar-refractivity contribution in [1.82, 2.24) is 20.1 Å². The second kappa shape index (κ2) is 5.76. The molecule has 0 unspecified atom stereocenters. The smallest absolute Gasteiger partial charge is 0.335 e. The first-order valence-corrected chi connectivity index (χ1v) is 5.56. The summed E-state index contributed by atoms with van der Waals surface area (Å²) >= 11 is 0. The molecule has 0 bridgehead atoms. The molecular formula is C12H12N4O3. The molecule has 1 aromatic heterocycles. The third-order valence-electron chi connectivity index (χ3n) is 2.44. The second-order valence-electron chi connectivity index (χ2n) is 3.88. The van der Waals surface area contributed by atoms with E-state index >= 15 is 0 Å². The van der Waals surface area contributed by atoms with Gasteiger partial charge in [-0.1, -0.05) is 12.1 Å². The predicted octanol–water partition coefficient (Wildman–Crippen LogP) is 0.293. The van der Waals surface area contributed by atoms with Gasteiger partial charge in [-0.25, -0.2) is 14.5 Å². The Morgan fingerprint density at radius 2 is 2.21 bits per heavy atom. The molecule has 1 heterocycles. The van der Waals surface area contributed by atoms with Crippen molar-refractivity contribution in [2.75, 3.05) is 0 Å². The van der Waals surface area contributed by atoms with Crippen LogP contribution in [0.15, 0.2) is 36.9 Å². The molecule has 1 amide bonds. The van der Waals surface area contributed by atoms with Crippen LogP contribution >= 0.6 is 0 Å². The SMILES string of the molecule is O=C(Cn1cncn1)NCc1cccc(C(=O)O)c1. The standard InChI is InChI=1S/C12H12N4O3/c17-11(6-16-8-13-7-15-16)14-5-9-2-1-3-10(4-9)12(18)19/h1-4,7-8H,5-6H2,(H,14,17)(H,18,19). The van der Waals surface area contributed by atoms with Crippen LogP contribution in [0.25, 0.3) is 0 Å². The Morgan fingerprint density at radius 1 is 1.37 bits per heavy atom. The molecule has 0 spiro atoms. The highest BCUT2D eigenvalue weighted by atomic mass is 16.4. The number of hydrogen-bond acceptors (Lipinski definition) is 4. The Morgan fingerprint density at radius 3 is 2.89 bits per heavy atom. The molecule has 2 rings (SSSR count). The minimum Gasteiger partial charge on any atom is -0.478 e. The van der Waals surface area contributed by atoms with E-state index < -0.39 is 5.97 Å². The number of rotatable bonds is 5. The number of aromatic nitrogens is 3. The molecule has 19 heavy (non-hydrogen) atoms. The van der Waals surface area contributed by atoms with Gasteiger partial charge in [-0.2, -0.15) is 5.10 Å². The van der Waals surface area contributed by atoms with Crippen molar-refractivity contribution in [3.63, 3.8) is 0 Å². The molecule has 2 aromatic rings. The average molecular weight is 260 g/mol. The summed E-state index contributed by atoms with van der Waals surface area (Å²) in [5, 5.41) is 15.4. The predicted molar refractivity (Wildman–Crippen MR) is 65.3 cm³/mol. The van der Waals surface area contributed by atoms with Crippen LogP contribution in [0.3, 0.4) is 0 Å². The van der Waals surface area contributed by atoms with Crippen molar-refractivity contribution in [3.8, 4) is 0 Å². The molecule has 1 aromatic carbocycles. The summed E-state index contributed by atoms with van der Waals surface area (Å²) in [6, 6.07) is 6.42. The first kappa shape index (κ1) is 12.7. The largest absolute Gasteiger partial charge is 0.478 e. The number of aromatic carboxylic acids is 1. The minimum atomic E-state index is -0.990. The summed E-state index contributed by atoms with van der Waals surface area (Å²) in [6.45, 7) is 0.354. The topological polar surface area (TPSA) is 97.1 Å². The molecule has 7 nitrogen and oxygen atoms in total. The van der Waals surface area contributed by atoms with Crippen LogP contribution in [0.2, 0.25) is 0 Å².